The van der Waals surface area contributed by atoms with Crippen LogP contribution in [0.25, 0.3) is 0 Å². The van der Waals surface area contributed by atoms with Crippen LogP contribution in [0, 0.1) is 0 Å². The third-order valence-electron chi connectivity index (χ3n) is 4.57. The molecule has 1 heterocycles. The van der Waals surface area contributed by atoms with E-state index in [4.69, 9.17) is 0 Å². The molecule has 7 nitrogen and oxygen atoms in total. The molecule has 1 unspecified atom stereocenters. The Morgan fingerprint density at radius 1 is 1.17 bits per heavy atom. The van der Waals surface area contributed by atoms with Crippen molar-refractivity contribution in [3.8, 4) is 0 Å². The molecule has 0 bridgehead atoms. The van der Waals surface area contributed by atoms with Gasteiger partial charge in [0, 0.05) is 6.54 Å². The van der Waals surface area contributed by atoms with Gasteiger partial charge in [-0.3, -0.25) is 10.1 Å². The summed E-state index contributed by atoms with van der Waals surface area (Å²) in [5.74, 6) is -0.194. The Hall–Kier alpha value is -1.51. The maximum absolute atomic E-state index is 12.2. The second-order valence-electron chi connectivity index (χ2n) is 6.30. The van der Waals surface area contributed by atoms with E-state index in [0.717, 1.165) is 6.42 Å². The second kappa shape index (κ2) is 8.55. The number of rotatable bonds is 6. The monoisotopic (exact) mass is 338 g/mol. The van der Waals surface area contributed by atoms with E-state index in [1.54, 1.807) is 0 Å². The van der Waals surface area contributed by atoms with E-state index in [2.05, 4.69) is 17.6 Å². The highest BCUT2D eigenvalue weighted by atomic mass is 16.4. The van der Waals surface area contributed by atoms with E-state index >= 15 is 0 Å². The summed E-state index contributed by atoms with van der Waals surface area (Å²) in [5, 5.41) is 44.1. The Morgan fingerprint density at radius 3 is 2.46 bits per heavy atom. The average molecular weight is 338 g/mol. The van der Waals surface area contributed by atoms with Crippen LogP contribution in [0.5, 0.6) is 0 Å². The zero-order valence-electron chi connectivity index (χ0n) is 13.7. The van der Waals surface area contributed by atoms with Crippen molar-refractivity contribution in [2.45, 2.75) is 49.7 Å². The predicted molar refractivity (Wildman–Crippen MR) is 88.3 cm³/mol. The highest BCUT2D eigenvalue weighted by Crippen LogP contribution is 2.18. The molecule has 0 radical (unpaired) electrons. The van der Waals surface area contributed by atoms with E-state index in [9.17, 15) is 25.2 Å². The molecule has 6 N–H and O–H groups in total. The summed E-state index contributed by atoms with van der Waals surface area (Å²) < 4.78 is 0. The summed E-state index contributed by atoms with van der Waals surface area (Å²) in [5.41, 5.74) is 1.18. The number of amides is 1. The summed E-state index contributed by atoms with van der Waals surface area (Å²) in [6.45, 7) is 2.04. The maximum atomic E-state index is 12.2. The van der Waals surface area contributed by atoms with Crippen molar-refractivity contribution >= 4 is 5.91 Å². The Labute approximate surface area is 141 Å². The van der Waals surface area contributed by atoms with E-state index in [-0.39, 0.29) is 5.92 Å². The largest absolute Gasteiger partial charge is 0.395 e. The SMILES string of the molecule is CC(CCNC(=O)[C@H]1N[C@H](CO)[C@@H](O)[C@H](O)[C@@H]1O)c1ccccc1. The summed E-state index contributed by atoms with van der Waals surface area (Å²) in [7, 11) is 0. The van der Waals surface area contributed by atoms with E-state index < -0.39 is 42.9 Å². The molecule has 7 heteroatoms. The van der Waals surface area contributed by atoms with Crippen LogP contribution in [-0.2, 0) is 4.79 Å². The van der Waals surface area contributed by atoms with Gasteiger partial charge < -0.3 is 25.7 Å². The molecule has 0 spiro atoms. The molecule has 6 atom stereocenters. The number of hydrogen-bond donors (Lipinski definition) is 6. The van der Waals surface area contributed by atoms with Gasteiger partial charge in [0.25, 0.3) is 0 Å². The molecule has 0 saturated carbocycles. The van der Waals surface area contributed by atoms with E-state index in [1.165, 1.54) is 5.56 Å². The zero-order valence-corrected chi connectivity index (χ0v) is 13.7. The van der Waals surface area contributed by atoms with Crippen molar-refractivity contribution in [1.29, 1.82) is 0 Å². The Balaban J connectivity index is 1.85. The smallest absolute Gasteiger partial charge is 0.239 e. The number of piperidine rings is 1. The standard InChI is InChI=1S/C17H26N2O5/c1-10(11-5-3-2-4-6-11)7-8-18-17(24)13-15(22)16(23)14(21)12(9-20)19-13/h2-6,10,12-16,19-23H,7-9H2,1H3,(H,18,24)/t10?,12-,13+,14-,15-,16+/m1/s1. The fourth-order valence-corrected chi connectivity index (χ4v) is 2.93. The van der Waals surface area contributed by atoms with Crippen LogP contribution in [0.1, 0.15) is 24.8 Å². The zero-order chi connectivity index (χ0) is 17.7. The summed E-state index contributed by atoms with van der Waals surface area (Å²) in [6, 6.07) is 8.01. The number of carbonyl (C=O) groups is 1. The van der Waals surface area contributed by atoms with Gasteiger partial charge in [0.1, 0.15) is 24.4 Å². The molecule has 2 rings (SSSR count). The fraction of sp³-hybridized carbons (Fsp3) is 0.588. The summed E-state index contributed by atoms with van der Waals surface area (Å²) in [6.07, 6.45) is -3.52. The third-order valence-corrected chi connectivity index (χ3v) is 4.57. The van der Waals surface area contributed by atoms with Gasteiger partial charge in [-0.2, -0.15) is 0 Å². The summed E-state index contributed by atoms with van der Waals surface area (Å²) in [4.78, 5) is 12.2. The molecule has 1 aliphatic heterocycles. The molecule has 1 aromatic rings. The first-order chi connectivity index (χ1) is 11.5. The van der Waals surface area contributed by atoms with Crippen molar-refractivity contribution in [3.05, 3.63) is 35.9 Å². The third kappa shape index (κ3) is 4.31. The molecule has 24 heavy (non-hydrogen) atoms. The van der Waals surface area contributed by atoms with Gasteiger partial charge in [-0.15, -0.1) is 0 Å². The predicted octanol–water partition coefficient (Wildman–Crippen LogP) is -1.29. The Bertz CT molecular complexity index is 525. The molecule has 134 valence electrons. The fourth-order valence-electron chi connectivity index (χ4n) is 2.93. The average Bonchev–Trinajstić information content (AvgIpc) is 2.60. The Morgan fingerprint density at radius 2 is 1.83 bits per heavy atom. The lowest BCUT2D eigenvalue weighted by atomic mass is 9.90. The summed E-state index contributed by atoms with van der Waals surface area (Å²) >= 11 is 0. The van der Waals surface area contributed by atoms with E-state index in [1.807, 2.05) is 30.3 Å². The number of aliphatic hydroxyl groups is 4. The molecule has 1 aromatic carbocycles. The number of nitrogens with one attached hydrogen (secondary N) is 2. The lowest BCUT2D eigenvalue weighted by Gasteiger charge is -2.40. The van der Waals surface area contributed by atoms with E-state index in [0.29, 0.717) is 6.54 Å². The van der Waals surface area contributed by atoms with Gasteiger partial charge >= 0.3 is 0 Å². The highest BCUT2D eigenvalue weighted by Gasteiger charge is 2.44. The van der Waals surface area contributed by atoms with Gasteiger partial charge in [0.15, 0.2) is 0 Å². The molecule has 1 amide bonds. The lowest BCUT2D eigenvalue weighted by Crippen LogP contribution is -2.69. The quantitative estimate of drug-likeness (QED) is 0.384. The second-order valence-corrected chi connectivity index (χ2v) is 6.30. The number of aliphatic hydroxyl groups excluding tert-OH is 4. The van der Waals surface area contributed by atoms with Gasteiger partial charge in [-0.1, -0.05) is 37.3 Å². The van der Waals surface area contributed by atoms with Crippen molar-refractivity contribution in [3.63, 3.8) is 0 Å². The van der Waals surface area contributed by atoms with Crippen LogP contribution in [0.4, 0.5) is 0 Å². The topological polar surface area (TPSA) is 122 Å². The first-order valence-electron chi connectivity index (χ1n) is 8.19. The van der Waals surface area contributed by atoms with Gasteiger partial charge in [-0.25, -0.2) is 0 Å². The van der Waals surface area contributed by atoms with Crippen LogP contribution < -0.4 is 10.6 Å². The lowest BCUT2D eigenvalue weighted by molar-refractivity contribution is -0.145. The normalized spacial score (nSPS) is 31.5. The van der Waals surface area contributed by atoms with Crippen LogP contribution in [0.15, 0.2) is 30.3 Å². The van der Waals surface area contributed by atoms with Gasteiger partial charge in [0.05, 0.1) is 12.6 Å². The molecule has 1 saturated heterocycles. The highest BCUT2D eigenvalue weighted by molar-refractivity contribution is 5.82. The molecule has 1 aliphatic rings. The minimum atomic E-state index is -1.48. The molecule has 0 aromatic heterocycles. The number of benzene rings is 1. The molecular formula is C17H26N2O5. The first kappa shape index (κ1) is 18.8. The molecular weight excluding hydrogens is 312 g/mol. The van der Waals surface area contributed by atoms with Gasteiger partial charge in [-0.05, 0) is 17.9 Å². The van der Waals surface area contributed by atoms with Gasteiger partial charge in [0.2, 0.25) is 5.91 Å². The molecule has 0 aliphatic carbocycles. The van der Waals surface area contributed by atoms with Crippen molar-refractivity contribution in [1.82, 2.24) is 10.6 Å². The number of carbonyl (C=O) groups excluding carboxylic acids is 1. The molecule has 1 fully saturated rings. The van der Waals surface area contributed by atoms with Crippen molar-refractivity contribution in [2.75, 3.05) is 13.2 Å². The number of hydrogen-bond acceptors (Lipinski definition) is 6. The van der Waals surface area contributed by atoms with Crippen LogP contribution in [0.2, 0.25) is 0 Å². The van der Waals surface area contributed by atoms with Crippen LogP contribution in [0.3, 0.4) is 0 Å². The Kier molecular flexibility index (Phi) is 6.70. The van der Waals surface area contributed by atoms with Crippen molar-refractivity contribution < 1.29 is 25.2 Å². The maximum Gasteiger partial charge on any atom is 0.239 e. The van der Waals surface area contributed by atoms with Crippen LogP contribution >= 0.6 is 0 Å². The first-order valence-corrected chi connectivity index (χ1v) is 8.19. The minimum absolute atomic E-state index is 0.272. The minimum Gasteiger partial charge on any atom is -0.395 e. The van der Waals surface area contributed by atoms with Crippen molar-refractivity contribution in [2.24, 2.45) is 0 Å². The van der Waals surface area contributed by atoms with Crippen LogP contribution in [-0.4, -0.2) is 69.9 Å².